The molecule has 0 aliphatic carbocycles. The smallest absolute Gasteiger partial charge is 0.242 e. The summed E-state index contributed by atoms with van der Waals surface area (Å²) in [5.41, 5.74) is 0.683. The Kier molecular flexibility index (Phi) is 3.68. The fourth-order valence-corrected chi connectivity index (χ4v) is 3.27. The number of hydrogen-bond acceptors (Lipinski definition) is 3. The third-order valence-corrected chi connectivity index (χ3v) is 4.26. The van der Waals surface area contributed by atoms with Crippen LogP contribution >= 0.6 is 0 Å². The van der Waals surface area contributed by atoms with Gasteiger partial charge in [-0.15, -0.1) is 0 Å². The van der Waals surface area contributed by atoms with Gasteiger partial charge in [0, 0.05) is 12.2 Å². The first-order chi connectivity index (χ1) is 8.48. The molecule has 0 radical (unpaired) electrons. The third kappa shape index (κ3) is 2.88. The molecule has 1 aliphatic rings. The fraction of sp³-hybridized carbons (Fsp3) is 0.417. The number of nitrogens with zero attached hydrogens (tertiary/aromatic N) is 1. The van der Waals surface area contributed by atoms with E-state index in [0.29, 0.717) is 18.7 Å². The third-order valence-electron chi connectivity index (χ3n) is 2.97. The van der Waals surface area contributed by atoms with Crippen LogP contribution in [0.3, 0.4) is 0 Å². The first-order valence-corrected chi connectivity index (χ1v) is 7.66. The van der Waals surface area contributed by atoms with Crippen molar-refractivity contribution in [2.75, 3.05) is 18.1 Å². The number of rotatable bonds is 3. The van der Waals surface area contributed by atoms with E-state index >= 15 is 0 Å². The molecule has 1 aliphatic heterocycles. The quantitative estimate of drug-likeness (QED) is 0.891. The molecule has 1 fully saturated rings. The highest BCUT2D eigenvalue weighted by molar-refractivity contribution is 7.88. The van der Waals surface area contributed by atoms with Crippen LogP contribution in [-0.4, -0.2) is 37.5 Å². The van der Waals surface area contributed by atoms with E-state index in [0.717, 1.165) is 12.7 Å². The summed E-state index contributed by atoms with van der Waals surface area (Å²) in [7, 11) is -3.32. The molecule has 1 amide bonds. The summed E-state index contributed by atoms with van der Waals surface area (Å²) in [6.07, 6.45) is 2.44. The number of anilines is 1. The minimum absolute atomic E-state index is 0.260. The van der Waals surface area contributed by atoms with E-state index in [-0.39, 0.29) is 5.91 Å². The van der Waals surface area contributed by atoms with Gasteiger partial charge in [0.2, 0.25) is 15.9 Å². The molecular formula is C12H16N2O3S. The Morgan fingerprint density at radius 3 is 2.61 bits per heavy atom. The molecule has 1 atom stereocenters. The lowest BCUT2D eigenvalue weighted by Gasteiger charge is -2.21. The zero-order valence-corrected chi connectivity index (χ0v) is 11.0. The van der Waals surface area contributed by atoms with Crippen LogP contribution < -0.4 is 5.32 Å². The van der Waals surface area contributed by atoms with Crippen LogP contribution in [0.2, 0.25) is 0 Å². The summed E-state index contributed by atoms with van der Waals surface area (Å²) in [6.45, 7) is 0.422. The minimum atomic E-state index is -3.32. The van der Waals surface area contributed by atoms with Gasteiger partial charge >= 0.3 is 0 Å². The maximum Gasteiger partial charge on any atom is 0.242 e. The number of sulfonamides is 1. The van der Waals surface area contributed by atoms with Gasteiger partial charge in [0.15, 0.2) is 0 Å². The lowest BCUT2D eigenvalue weighted by Crippen LogP contribution is -2.42. The van der Waals surface area contributed by atoms with Crippen LogP contribution in [0.25, 0.3) is 0 Å². The van der Waals surface area contributed by atoms with Gasteiger partial charge < -0.3 is 5.32 Å². The molecule has 98 valence electrons. The topological polar surface area (TPSA) is 66.5 Å². The van der Waals surface area contributed by atoms with E-state index in [1.807, 2.05) is 18.2 Å². The number of carbonyl (C=O) groups is 1. The van der Waals surface area contributed by atoms with Crippen molar-refractivity contribution in [2.45, 2.75) is 18.9 Å². The number of para-hydroxylation sites is 1. The van der Waals surface area contributed by atoms with Crippen LogP contribution in [0, 0.1) is 0 Å². The second kappa shape index (κ2) is 5.07. The zero-order valence-electron chi connectivity index (χ0n) is 10.2. The summed E-state index contributed by atoms with van der Waals surface area (Å²) < 4.78 is 24.4. The molecular weight excluding hydrogens is 252 g/mol. The van der Waals surface area contributed by atoms with Crippen molar-refractivity contribution in [1.82, 2.24) is 4.31 Å². The largest absolute Gasteiger partial charge is 0.325 e. The van der Waals surface area contributed by atoms with Gasteiger partial charge in [-0.2, -0.15) is 4.31 Å². The molecule has 1 unspecified atom stereocenters. The molecule has 1 aromatic carbocycles. The Labute approximate surface area is 107 Å². The van der Waals surface area contributed by atoms with E-state index in [2.05, 4.69) is 5.32 Å². The predicted molar refractivity (Wildman–Crippen MR) is 69.6 cm³/mol. The molecule has 2 rings (SSSR count). The lowest BCUT2D eigenvalue weighted by atomic mass is 10.2. The standard InChI is InChI=1S/C12H16N2O3S/c1-18(16,17)14-9-5-8-11(14)12(15)13-10-6-3-2-4-7-10/h2-4,6-7,11H,5,8-9H2,1H3,(H,13,15). The maximum absolute atomic E-state index is 12.1. The van der Waals surface area contributed by atoms with Crippen LogP contribution in [0.5, 0.6) is 0 Å². The molecule has 0 aromatic heterocycles. The highest BCUT2D eigenvalue weighted by atomic mass is 32.2. The van der Waals surface area contributed by atoms with E-state index in [1.54, 1.807) is 12.1 Å². The molecule has 0 bridgehead atoms. The van der Waals surface area contributed by atoms with E-state index in [1.165, 1.54) is 4.31 Å². The number of benzene rings is 1. The molecule has 1 heterocycles. The van der Waals surface area contributed by atoms with Crippen molar-refractivity contribution in [3.8, 4) is 0 Å². The maximum atomic E-state index is 12.1. The van der Waals surface area contributed by atoms with E-state index in [4.69, 9.17) is 0 Å². The monoisotopic (exact) mass is 268 g/mol. The number of hydrogen-bond donors (Lipinski definition) is 1. The predicted octanol–water partition coefficient (Wildman–Crippen LogP) is 1.05. The van der Waals surface area contributed by atoms with E-state index < -0.39 is 16.1 Å². The van der Waals surface area contributed by atoms with Crippen LogP contribution in [-0.2, 0) is 14.8 Å². The van der Waals surface area contributed by atoms with Crippen molar-refractivity contribution in [3.05, 3.63) is 30.3 Å². The van der Waals surface area contributed by atoms with Gasteiger partial charge in [-0.05, 0) is 25.0 Å². The minimum Gasteiger partial charge on any atom is -0.325 e. The molecule has 18 heavy (non-hydrogen) atoms. The Hall–Kier alpha value is -1.40. The van der Waals surface area contributed by atoms with Crippen molar-refractivity contribution >= 4 is 21.6 Å². The van der Waals surface area contributed by atoms with Crippen molar-refractivity contribution < 1.29 is 13.2 Å². The molecule has 0 saturated carbocycles. The van der Waals surface area contributed by atoms with Gasteiger partial charge in [-0.25, -0.2) is 8.42 Å². The van der Waals surface area contributed by atoms with E-state index in [9.17, 15) is 13.2 Å². The van der Waals surface area contributed by atoms with Crippen LogP contribution in [0.1, 0.15) is 12.8 Å². The molecule has 0 spiro atoms. The van der Waals surface area contributed by atoms with Crippen molar-refractivity contribution in [2.24, 2.45) is 0 Å². The summed E-state index contributed by atoms with van der Waals surface area (Å²) in [5, 5.41) is 2.74. The summed E-state index contributed by atoms with van der Waals surface area (Å²) >= 11 is 0. The number of nitrogens with one attached hydrogen (secondary N) is 1. The Balaban J connectivity index is 2.10. The number of amides is 1. The Morgan fingerprint density at radius 2 is 2.00 bits per heavy atom. The van der Waals surface area contributed by atoms with Crippen molar-refractivity contribution in [1.29, 1.82) is 0 Å². The lowest BCUT2D eigenvalue weighted by molar-refractivity contribution is -0.119. The molecule has 6 heteroatoms. The van der Waals surface area contributed by atoms with Gasteiger partial charge in [0.05, 0.1) is 6.26 Å². The summed E-state index contributed by atoms with van der Waals surface area (Å²) in [5.74, 6) is -0.260. The SMILES string of the molecule is CS(=O)(=O)N1CCCC1C(=O)Nc1ccccc1. The Morgan fingerprint density at radius 1 is 1.33 bits per heavy atom. The summed E-state index contributed by atoms with van der Waals surface area (Å²) in [4.78, 5) is 12.1. The summed E-state index contributed by atoms with van der Waals surface area (Å²) in [6, 6.07) is 8.46. The molecule has 5 nitrogen and oxygen atoms in total. The normalized spacial score (nSPS) is 20.8. The number of carbonyl (C=O) groups excluding carboxylic acids is 1. The van der Waals surface area contributed by atoms with Gasteiger partial charge in [0.25, 0.3) is 0 Å². The average Bonchev–Trinajstić information content (AvgIpc) is 2.79. The van der Waals surface area contributed by atoms with Gasteiger partial charge in [-0.3, -0.25) is 4.79 Å². The van der Waals surface area contributed by atoms with Gasteiger partial charge in [-0.1, -0.05) is 18.2 Å². The molecule has 1 aromatic rings. The fourth-order valence-electron chi connectivity index (χ4n) is 2.15. The highest BCUT2D eigenvalue weighted by Crippen LogP contribution is 2.21. The first kappa shape index (κ1) is 13.0. The molecule has 1 N–H and O–H groups in total. The second-order valence-electron chi connectivity index (χ2n) is 4.39. The second-order valence-corrected chi connectivity index (χ2v) is 6.32. The first-order valence-electron chi connectivity index (χ1n) is 5.81. The average molecular weight is 268 g/mol. The Bertz CT molecular complexity index is 528. The van der Waals surface area contributed by atoms with Crippen molar-refractivity contribution in [3.63, 3.8) is 0 Å². The highest BCUT2D eigenvalue weighted by Gasteiger charge is 2.36. The van der Waals surface area contributed by atoms with Gasteiger partial charge in [0.1, 0.15) is 6.04 Å². The van der Waals surface area contributed by atoms with Crippen LogP contribution in [0.4, 0.5) is 5.69 Å². The molecule has 1 saturated heterocycles. The van der Waals surface area contributed by atoms with Crippen LogP contribution in [0.15, 0.2) is 30.3 Å². The zero-order chi connectivity index (χ0) is 13.2.